The van der Waals surface area contributed by atoms with E-state index in [0.29, 0.717) is 6.04 Å². The molecule has 2 rings (SSSR count). The summed E-state index contributed by atoms with van der Waals surface area (Å²) in [5.74, 6) is 0.869. The molecule has 0 saturated heterocycles. The second-order valence-electron chi connectivity index (χ2n) is 6.36. The van der Waals surface area contributed by atoms with Gasteiger partial charge < -0.3 is 5.32 Å². The van der Waals surface area contributed by atoms with Gasteiger partial charge in [-0.1, -0.05) is 58.1 Å². The first kappa shape index (κ1) is 15.4. The summed E-state index contributed by atoms with van der Waals surface area (Å²) in [4.78, 5) is 0. The van der Waals surface area contributed by atoms with Gasteiger partial charge in [0.25, 0.3) is 0 Å². The number of benzene rings is 1. The van der Waals surface area contributed by atoms with Crippen molar-refractivity contribution in [2.75, 3.05) is 5.32 Å². The topological polar surface area (TPSA) is 12.0 Å². The second kappa shape index (κ2) is 8.34. The normalized spacial score (nSPS) is 22.7. The van der Waals surface area contributed by atoms with Crippen LogP contribution in [-0.4, -0.2) is 6.04 Å². The summed E-state index contributed by atoms with van der Waals surface area (Å²) in [6, 6.07) is 9.87. The molecule has 1 heteroatoms. The molecule has 1 aromatic rings. The summed E-state index contributed by atoms with van der Waals surface area (Å²) in [6.45, 7) is 4.60. The van der Waals surface area contributed by atoms with Crippen LogP contribution in [0.1, 0.15) is 70.8 Å². The van der Waals surface area contributed by atoms with E-state index in [1.807, 2.05) is 0 Å². The molecular formula is C19H31N. The van der Waals surface area contributed by atoms with E-state index in [4.69, 9.17) is 0 Å². The number of rotatable bonds is 7. The maximum Gasteiger partial charge on any atom is 0.0342 e. The molecule has 2 unspecified atom stereocenters. The first-order valence-corrected chi connectivity index (χ1v) is 8.69. The zero-order chi connectivity index (χ0) is 14.2. The van der Waals surface area contributed by atoms with Crippen molar-refractivity contribution in [2.24, 2.45) is 5.92 Å². The lowest BCUT2D eigenvalue weighted by Crippen LogP contribution is -2.31. The Balaban J connectivity index is 1.86. The van der Waals surface area contributed by atoms with E-state index in [1.165, 1.54) is 69.0 Å². The van der Waals surface area contributed by atoms with E-state index < -0.39 is 0 Å². The number of hydrogen-bond acceptors (Lipinski definition) is 1. The van der Waals surface area contributed by atoms with Gasteiger partial charge in [-0.3, -0.25) is 0 Å². The van der Waals surface area contributed by atoms with Crippen LogP contribution in [0.15, 0.2) is 24.3 Å². The maximum atomic E-state index is 3.78. The van der Waals surface area contributed by atoms with Gasteiger partial charge in [-0.15, -0.1) is 0 Å². The highest BCUT2D eigenvalue weighted by atomic mass is 14.9. The van der Waals surface area contributed by atoms with E-state index in [2.05, 4.69) is 43.4 Å². The van der Waals surface area contributed by atoms with Crippen molar-refractivity contribution in [1.82, 2.24) is 0 Å². The molecule has 0 aromatic heterocycles. The highest BCUT2D eigenvalue weighted by Crippen LogP contribution is 2.29. The fourth-order valence-electron chi connectivity index (χ4n) is 3.45. The van der Waals surface area contributed by atoms with E-state index in [0.717, 1.165) is 5.92 Å². The molecule has 0 aliphatic heterocycles. The summed E-state index contributed by atoms with van der Waals surface area (Å²) >= 11 is 0. The van der Waals surface area contributed by atoms with Crippen molar-refractivity contribution in [2.45, 2.75) is 77.7 Å². The third kappa shape index (κ3) is 4.54. The van der Waals surface area contributed by atoms with Gasteiger partial charge in [-0.05, 0) is 49.3 Å². The first-order valence-electron chi connectivity index (χ1n) is 8.69. The zero-order valence-electron chi connectivity index (χ0n) is 13.3. The van der Waals surface area contributed by atoms with Crippen LogP contribution in [0, 0.1) is 5.92 Å². The molecule has 2 atom stereocenters. The van der Waals surface area contributed by atoms with Crippen LogP contribution >= 0.6 is 0 Å². The molecule has 1 aliphatic carbocycles. The molecule has 1 aliphatic rings. The standard InChI is InChI=1S/C19H31N/c1-3-5-6-9-16-12-14-18(15-13-16)20-19-11-8-7-10-17(19)4-2/h12-15,17,19-20H,3-11H2,1-2H3. The van der Waals surface area contributed by atoms with Crippen molar-refractivity contribution in [3.63, 3.8) is 0 Å². The Morgan fingerprint density at radius 1 is 1.00 bits per heavy atom. The van der Waals surface area contributed by atoms with Gasteiger partial charge in [0.15, 0.2) is 0 Å². The molecule has 0 heterocycles. The molecule has 1 fully saturated rings. The minimum absolute atomic E-state index is 0.694. The van der Waals surface area contributed by atoms with Gasteiger partial charge in [0.2, 0.25) is 0 Å². The van der Waals surface area contributed by atoms with Crippen LogP contribution in [0.5, 0.6) is 0 Å². The lowest BCUT2D eigenvalue weighted by molar-refractivity contribution is 0.317. The average Bonchev–Trinajstić information content (AvgIpc) is 2.50. The predicted molar refractivity (Wildman–Crippen MR) is 89.3 cm³/mol. The summed E-state index contributed by atoms with van der Waals surface area (Å²) in [5.41, 5.74) is 2.80. The molecule has 0 radical (unpaired) electrons. The number of aryl methyl sites for hydroxylation is 1. The van der Waals surface area contributed by atoms with E-state index in [-0.39, 0.29) is 0 Å². The summed E-state index contributed by atoms with van der Waals surface area (Å²) in [7, 11) is 0. The molecule has 1 N–H and O–H groups in total. The summed E-state index contributed by atoms with van der Waals surface area (Å²) < 4.78 is 0. The van der Waals surface area contributed by atoms with Crippen molar-refractivity contribution >= 4 is 5.69 Å². The quantitative estimate of drug-likeness (QED) is 0.619. The molecule has 112 valence electrons. The number of nitrogens with one attached hydrogen (secondary N) is 1. The van der Waals surface area contributed by atoms with E-state index >= 15 is 0 Å². The van der Waals surface area contributed by atoms with Crippen LogP contribution in [0.2, 0.25) is 0 Å². The van der Waals surface area contributed by atoms with Crippen LogP contribution in [-0.2, 0) is 6.42 Å². The van der Waals surface area contributed by atoms with Crippen LogP contribution in [0.3, 0.4) is 0 Å². The van der Waals surface area contributed by atoms with Gasteiger partial charge in [0, 0.05) is 11.7 Å². The minimum atomic E-state index is 0.694. The van der Waals surface area contributed by atoms with Crippen LogP contribution in [0.25, 0.3) is 0 Å². The molecule has 1 aromatic carbocycles. The third-order valence-corrected chi connectivity index (χ3v) is 4.81. The molecule has 1 nitrogen and oxygen atoms in total. The highest BCUT2D eigenvalue weighted by molar-refractivity contribution is 5.45. The lowest BCUT2D eigenvalue weighted by Gasteiger charge is -2.32. The smallest absolute Gasteiger partial charge is 0.0342 e. The van der Waals surface area contributed by atoms with Crippen molar-refractivity contribution < 1.29 is 0 Å². The SMILES string of the molecule is CCCCCc1ccc(NC2CCCCC2CC)cc1. The Hall–Kier alpha value is -0.980. The van der Waals surface area contributed by atoms with Gasteiger partial charge in [0.1, 0.15) is 0 Å². The average molecular weight is 273 g/mol. The van der Waals surface area contributed by atoms with Crippen molar-refractivity contribution in [3.8, 4) is 0 Å². The molecule has 0 spiro atoms. The first-order chi connectivity index (χ1) is 9.83. The fourth-order valence-corrected chi connectivity index (χ4v) is 3.45. The Kier molecular flexibility index (Phi) is 6.42. The van der Waals surface area contributed by atoms with Gasteiger partial charge in [-0.25, -0.2) is 0 Å². The third-order valence-electron chi connectivity index (χ3n) is 4.81. The number of anilines is 1. The second-order valence-corrected chi connectivity index (χ2v) is 6.36. The summed E-state index contributed by atoms with van der Waals surface area (Å²) in [5, 5.41) is 3.78. The number of hydrogen-bond donors (Lipinski definition) is 1. The van der Waals surface area contributed by atoms with Crippen molar-refractivity contribution in [3.05, 3.63) is 29.8 Å². The van der Waals surface area contributed by atoms with Crippen molar-refractivity contribution in [1.29, 1.82) is 0 Å². The van der Waals surface area contributed by atoms with Crippen LogP contribution < -0.4 is 5.32 Å². The van der Waals surface area contributed by atoms with Gasteiger partial charge in [0.05, 0.1) is 0 Å². The van der Waals surface area contributed by atoms with Gasteiger partial charge in [-0.2, -0.15) is 0 Å². The Labute approximate surface area is 125 Å². The molecule has 0 bridgehead atoms. The van der Waals surface area contributed by atoms with Gasteiger partial charge >= 0.3 is 0 Å². The minimum Gasteiger partial charge on any atom is -0.382 e. The van der Waals surface area contributed by atoms with Crippen LogP contribution in [0.4, 0.5) is 5.69 Å². The molecular weight excluding hydrogens is 242 g/mol. The fraction of sp³-hybridized carbons (Fsp3) is 0.684. The lowest BCUT2D eigenvalue weighted by atomic mass is 9.83. The zero-order valence-corrected chi connectivity index (χ0v) is 13.3. The Morgan fingerprint density at radius 3 is 2.45 bits per heavy atom. The van der Waals surface area contributed by atoms with E-state index in [1.54, 1.807) is 0 Å². The Morgan fingerprint density at radius 2 is 1.75 bits per heavy atom. The predicted octanol–water partition coefficient (Wildman–Crippen LogP) is 5.80. The summed E-state index contributed by atoms with van der Waals surface area (Å²) in [6.07, 6.45) is 12.1. The molecule has 20 heavy (non-hydrogen) atoms. The van der Waals surface area contributed by atoms with E-state index in [9.17, 15) is 0 Å². The monoisotopic (exact) mass is 273 g/mol. The molecule has 0 amide bonds. The maximum absolute atomic E-state index is 3.78. The Bertz CT molecular complexity index is 368. The largest absolute Gasteiger partial charge is 0.382 e. The number of unbranched alkanes of at least 4 members (excludes halogenated alkanes) is 2. The molecule has 1 saturated carbocycles. The highest BCUT2D eigenvalue weighted by Gasteiger charge is 2.23.